The lowest BCUT2D eigenvalue weighted by Gasteiger charge is -2.12. The van der Waals surface area contributed by atoms with Gasteiger partial charge in [-0.15, -0.1) is 0 Å². The molecule has 0 radical (unpaired) electrons. The van der Waals surface area contributed by atoms with Crippen molar-refractivity contribution in [1.29, 1.82) is 0 Å². The molecule has 1 aromatic heterocycles. The van der Waals surface area contributed by atoms with Gasteiger partial charge >= 0.3 is 0 Å². The van der Waals surface area contributed by atoms with Crippen molar-refractivity contribution in [2.24, 2.45) is 7.05 Å². The molecule has 0 amide bonds. The number of anilines is 1. The predicted octanol–water partition coefficient (Wildman–Crippen LogP) is 1.23. The molecule has 11 heavy (non-hydrogen) atoms. The van der Waals surface area contributed by atoms with E-state index < -0.39 is 0 Å². The van der Waals surface area contributed by atoms with Gasteiger partial charge in [-0.05, 0) is 18.6 Å². The summed E-state index contributed by atoms with van der Waals surface area (Å²) >= 11 is 0. The number of hydrazine groups is 1. The predicted molar refractivity (Wildman–Crippen MR) is 45.9 cm³/mol. The topological polar surface area (TPSA) is 29.0 Å². The summed E-state index contributed by atoms with van der Waals surface area (Å²) < 4.78 is 2.07. The summed E-state index contributed by atoms with van der Waals surface area (Å²) in [5.74, 6) is 1.13. The number of hydrogen-bond donors (Lipinski definition) is 2. The van der Waals surface area contributed by atoms with Crippen LogP contribution in [0.15, 0.2) is 12.4 Å². The molecule has 2 rings (SSSR count). The first-order chi connectivity index (χ1) is 5.29. The van der Waals surface area contributed by atoms with Gasteiger partial charge in [0, 0.05) is 25.0 Å². The lowest BCUT2D eigenvalue weighted by molar-refractivity contribution is 0.891. The maximum absolute atomic E-state index is 3.08. The van der Waals surface area contributed by atoms with Crippen LogP contribution in [0.4, 0.5) is 5.82 Å². The van der Waals surface area contributed by atoms with Crippen LogP contribution in [0.5, 0.6) is 0 Å². The number of rotatable bonds is 0. The average molecular weight is 149 g/mol. The van der Waals surface area contributed by atoms with Gasteiger partial charge in [-0.2, -0.15) is 0 Å². The van der Waals surface area contributed by atoms with Crippen molar-refractivity contribution in [1.82, 2.24) is 9.99 Å². The third-order valence-corrected chi connectivity index (χ3v) is 1.94. The smallest absolute Gasteiger partial charge is 0.132 e. The van der Waals surface area contributed by atoms with E-state index in [0.29, 0.717) is 0 Å². The summed E-state index contributed by atoms with van der Waals surface area (Å²) in [5, 5.41) is 0. The van der Waals surface area contributed by atoms with Crippen molar-refractivity contribution in [2.75, 3.05) is 5.43 Å². The minimum Gasteiger partial charge on any atom is -0.336 e. The zero-order valence-corrected chi connectivity index (χ0v) is 6.68. The molecule has 0 spiro atoms. The van der Waals surface area contributed by atoms with E-state index in [9.17, 15) is 0 Å². The van der Waals surface area contributed by atoms with Crippen molar-refractivity contribution in [3.8, 4) is 0 Å². The van der Waals surface area contributed by atoms with E-state index in [1.165, 1.54) is 11.1 Å². The van der Waals surface area contributed by atoms with Crippen LogP contribution in [-0.4, -0.2) is 4.57 Å². The highest BCUT2D eigenvalue weighted by atomic mass is 15.4. The fourth-order valence-electron chi connectivity index (χ4n) is 1.40. The van der Waals surface area contributed by atoms with Gasteiger partial charge in [-0.3, -0.25) is 5.43 Å². The second-order valence-corrected chi connectivity index (χ2v) is 2.79. The van der Waals surface area contributed by atoms with Gasteiger partial charge in [-0.1, -0.05) is 0 Å². The van der Waals surface area contributed by atoms with Gasteiger partial charge in [0.25, 0.3) is 0 Å². The van der Waals surface area contributed by atoms with Crippen LogP contribution in [0.1, 0.15) is 11.1 Å². The average Bonchev–Trinajstić information content (AvgIpc) is 2.30. The summed E-state index contributed by atoms with van der Waals surface area (Å²) in [6, 6.07) is 0. The van der Waals surface area contributed by atoms with Crippen LogP contribution in [0.3, 0.4) is 0 Å². The van der Waals surface area contributed by atoms with Crippen LogP contribution in [0, 0.1) is 6.92 Å². The van der Waals surface area contributed by atoms with E-state index in [1.807, 2.05) is 13.2 Å². The molecule has 0 fully saturated rings. The number of fused-ring (bicyclic) bond motifs is 1. The molecule has 1 aromatic rings. The zero-order chi connectivity index (χ0) is 7.84. The molecular formula is C8H11N3. The fraction of sp³-hybridized carbons (Fsp3) is 0.250. The van der Waals surface area contributed by atoms with Crippen LogP contribution in [-0.2, 0) is 7.05 Å². The zero-order valence-electron chi connectivity index (χ0n) is 6.68. The third-order valence-electron chi connectivity index (χ3n) is 1.94. The number of nitrogens with zero attached hydrogens (tertiary/aromatic N) is 1. The first kappa shape index (κ1) is 6.34. The molecule has 1 aliphatic heterocycles. The molecular weight excluding hydrogens is 138 g/mol. The fourth-order valence-corrected chi connectivity index (χ4v) is 1.40. The van der Waals surface area contributed by atoms with Gasteiger partial charge in [-0.25, -0.2) is 0 Å². The first-order valence-electron chi connectivity index (χ1n) is 3.63. The Balaban J connectivity index is 2.63. The maximum Gasteiger partial charge on any atom is 0.132 e. The maximum atomic E-state index is 3.08. The molecule has 2 N–H and O–H groups in total. The summed E-state index contributed by atoms with van der Waals surface area (Å²) in [7, 11) is 2.03. The molecule has 1 aliphatic rings. The Hall–Kier alpha value is -1.38. The van der Waals surface area contributed by atoms with Crippen molar-refractivity contribution >= 4 is 11.9 Å². The molecule has 3 heteroatoms. The molecule has 0 saturated heterocycles. The Kier molecular flexibility index (Phi) is 1.18. The largest absolute Gasteiger partial charge is 0.336 e. The second kappa shape index (κ2) is 2.05. The molecule has 0 saturated carbocycles. The van der Waals surface area contributed by atoms with Crippen LogP contribution in [0.25, 0.3) is 6.08 Å². The van der Waals surface area contributed by atoms with E-state index in [2.05, 4.69) is 34.6 Å². The van der Waals surface area contributed by atoms with Crippen LogP contribution >= 0.6 is 0 Å². The number of hydrogen-bond acceptors (Lipinski definition) is 2. The molecule has 0 bridgehead atoms. The van der Waals surface area contributed by atoms with E-state index in [-0.39, 0.29) is 0 Å². The normalized spacial score (nSPS) is 13.6. The SMILES string of the molecule is Cc1cn(C)c2c1C=CNN2. The summed E-state index contributed by atoms with van der Waals surface area (Å²) in [4.78, 5) is 0. The molecule has 58 valence electrons. The highest BCUT2D eigenvalue weighted by molar-refractivity contribution is 5.69. The molecule has 0 aliphatic carbocycles. The second-order valence-electron chi connectivity index (χ2n) is 2.79. The van der Waals surface area contributed by atoms with Crippen molar-refractivity contribution in [3.63, 3.8) is 0 Å². The summed E-state index contributed by atoms with van der Waals surface area (Å²) in [6.07, 6.45) is 6.07. The molecule has 0 atom stereocenters. The number of nitrogens with one attached hydrogen (secondary N) is 2. The quantitative estimate of drug-likeness (QED) is 0.581. The summed E-state index contributed by atoms with van der Waals surface area (Å²) in [5.41, 5.74) is 8.59. The monoisotopic (exact) mass is 149 g/mol. The number of aryl methyl sites for hydroxylation is 2. The minimum atomic E-state index is 1.13. The Bertz CT molecular complexity index is 309. The molecule has 3 nitrogen and oxygen atoms in total. The van der Waals surface area contributed by atoms with Crippen molar-refractivity contribution in [3.05, 3.63) is 23.5 Å². The van der Waals surface area contributed by atoms with Gasteiger partial charge in [0.05, 0.1) is 0 Å². The van der Waals surface area contributed by atoms with Gasteiger partial charge in [0.1, 0.15) is 5.82 Å². The van der Waals surface area contributed by atoms with Gasteiger partial charge in [0.2, 0.25) is 0 Å². The van der Waals surface area contributed by atoms with Gasteiger partial charge in [0.15, 0.2) is 0 Å². The van der Waals surface area contributed by atoms with Crippen molar-refractivity contribution in [2.45, 2.75) is 6.92 Å². The Morgan fingerprint density at radius 3 is 3.00 bits per heavy atom. The Morgan fingerprint density at radius 2 is 2.27 bits per heavy atom. The minimum absolute atomic E-state index is 1.13. The molecule has 0 unspecified atom stereocenters. The standard InChI is InChI=1S/C8H11N3/c1-6-5-11(2)8-7(6)3-4-9-10-8/h3-5,9-10H,1-2H3. The number of aromatic nitrogens is 1. The third kappa shape index (κ3) is 0.808. The lowest BCUT2D eigenvalue weighted by Crippen LogP contribution is -2.19. The Morgan fingerprint density at radius 1 is 1.45 bits per heavy atom. The van der Waals surface area contributed by atoms with Crippen molar-refractivity contribution < 1.29 is 0 Å². The Labute approximate surface area is 65.7 Å². The first-order valence-corrected chi connectivity index (χ1v) is 3.63. The van der Waals surface area contributed by atoms with E-state index in [4.69, 9.17) is 0 Å². The highest BCUT2D eigenvalue weighted by Gasteiger charge is 2.09. The van der Waals surface area contributed by atoms with E-state index in [1.54, 1.807) is 0 Å². The van der Waals surface area contributed by atoms with Gasteiger partial charge < -0.3 is 9.99 Å². The highest BCUT2D eigenvalue weighted by Crippen LogP contribution is 2.23. The van der Waals surface area contributed by atoms with E-state index in [0.717, 1.165) is 5.82 Å². The summed E-state index contributed by atoms with van der Waals surface area (Å²) in [6.45, 7) is 2.11. The lowest BCUT2D eigenvalue weighted by atomic mass is 10.2. The van der Waals surface area contributed by atoms with E-state index >= 15 is 0 Å². The van der Waals surface area contributed by atoms with Crippen LogP contribution in [0.2, 0.25) is 0 Å². The van der Waals surface area contributed by atoms with Crippen LogP contribution < -0.4 is 10.9 Å². The molecule has 2 heterocycles. The molecule has 0 aromatic carbocycles.